The van der Waals surface area contributed by atoms with E-state index in [1.54, 1.807) is 0 Å². The van der Waals surface area contributed by atoms with Gasteiger partial charge in [-0.15, -0.1) is 0 Å². The maximum atomic E-state index is 9.20. The summed E-state index contributed by atoms with van der Waals surface area (Å²) in [7, 11) is 0. The van der Waals surface area contributed by atoms with Crippen LogP contribution in [0, 0.1) is 5.41 Å². The van der Waals surface area contributed by atoms with Crippen LogP contribution < -0.4 is 0 Å². The summed E-state index contributed by atoms with van der Waals surface area (Å²) in [5, 5.41) is 9.20. The van der Waals surface area contributed by atoms with Crippen LogP contribution in [0.25, 0.3) is 0 Å². The molecule has 0 bridgehead atoms. The third kappa shape index (κ3) is 3.40. The fraction of sp³-hybridized carbons (Fsp3) is 1.00. The van der Waals surface area contributed by atoms with E-state index in [1.165, 1.54) is 0 Å². The number of alkyl halides is 1. The van der Waals surface area contributed by atoms with Crippen molar-refractivity contribution in [3.8, 4) is 0 Å². The number of aliphatic hydroxyl groups excluding tert-OH is 1. The molecule has 0 fully saturated rings. The standard InChI is InChI=1S/C7H15IO/c1-4-5-7(2,3)6(8)9/h6,9H,4-5H2,1-3H3. The molecule has 0 aliphatic heterocycles. The average Bonchev–Trinajstić information content (AvgIpc) is 1.65. The highest BCUT2D eigenvalue weighted by molar-refractivity contribution is 14.1. The van der Waals surface area contributed by atoms with Gasteiger partial charge in [-0.05, 0) is 11.8 Å². The van der Waals surface area contributed by atoms with E-state index in [2.05, 4.69) is 43.4 Å². The molecule has 0 heterocycles. The maximum absolute atomic E-state index is 9.20. The molecule has 2 heteroatoms. The summed E-state index contributed by atoms with van der Waals surface area (Å²) in [4.78, 5) is 0. The minimum absolute atomic E-state index is 0.0926. The third-order valence-electron chi connectivity index (χ3n) is 1.54. The predicted octanol–water partition coefficient (Wildman–Crippen LogP) is 2.57. The Morgan fingerprint density at radius 2 is 2.00 bits per heavy atom. The molecular formula is C7H15IO. The number of aliphatic hydroxyl groups is 1. The van der Waals surface area contributed by atoms with E-state index in [0.717, 1.165) is 12.8 Å². The SMILES string of the molecule is CCCC(C)(C)C(O)I. The topological polar surface area (TPSA) is 20.2 Å². The summed E-state index contributed by atoms with van der Waals surface area (Å²) >= 11 is 2.06. The van der Waals surface area contributed by atoms with E-state index in [1.807, 2.05) is 0 Å². The molecule has 1 nitrogen and oxygen atoms in total. The molecule has 0 radical (unpaired) electrons. The van der Waals surface area contributed by atoms with Crippen LogP contribution >= 0.6 is 22.6 Å². The van der Waals surface area contributed by atoms with E-state index in [-0.39, 0.29) is 9.53 Å². The summed E-state index contributed by atoms with van der Waals surface area (Å²) in [6.45, 7) is 6.32. The Balaban J connectivity index is 3.70. The fourth-order valence-electron chi connectivity index (χ4n) is 0.763. The molecule has 0 saturated carbocycles. The quantitative estimate of drug-likeness (QED) is 0.595. The van der Waals surface area contributed by atoms with Gasteiger partial charge in [0.25, 0.3) is 0 Å². The Bertz CT molecular complexity index is 79.0. The lowest BCUT2D eigenvalue weighted by Gasteiger charge is -2.25. The summed E-state index contributed by atoms with van der Waals surface area (Å²) in [5.74, 6) is 0. The molecule has 56 valence electrons. The summed E-state index contributed by atoms with van der Waals surface area (Å²) in [6, 6.07) is 0. The van der Waals surface area contributed by atoms with Gasteiger partial charge in [0.05, 0.1) is 0 Å². The van der Waals surface area contributed by atoms with Gasteiger partial charge < -0.3 is 5.11 Å². The first-order valence-electron chi connectivity index (χ1n) is 3.33. The van der Waals surface area contributed by atoms with Crippen molar-refractivity contribution in [2.45, 2.75) is 37.7 Å². The van der Waals surface area contributed by atoms with Crippen LogP contribution in [-0.4, -0.2) is 9.22 Å². The second kappa shape index (κ2) is 3.76. The molecule has 1 N–H and O–H groups in total. The molecule has 1 atom stereocenters. The zero-order valence-electron chi connectivity index (χ0n) is 6.32. The van der Waals surface area contributed by atoms with Gasteiger partial charge in [-0.25, -0.2) is 0 Å². The van der Waals surface area contributed by atoms with Gasteiger partial charge in [-0.2, -0.15) is 0 Å². The Morgan fingerprint density at radius 1 is 1.56 bits per heavy atom. The van der Waals surface area contributed by atoms with Gasteiger partial charge in [0.2, 0.25) is 0 Å². The third-order valence-corrected chi connectivity index (χ3v) is 3.23. The molecule has 9 heavy (non-hydrogen) atoms. The molecule has 0 aromatic carbocycles. The lowest BCUT2D eigenvalue weighted by Crippen LogP contribution is -2.23. The van der Waals surface area contributed by atoms with Crippen LogP contribution in [0.5, 0.6) is 0 Å². The highest BCUT2D eigenvalue weighted by atomic mass is 127. The fourth-order valence-corrected chi connectivity index (χ4v) is 1.07. The average molecular weight is 242 g/mol. The number of rotatable bonds is 3. The van der Waals surface area contributed by atoms with Crippen LogP contribution in [0.4, 0.5) is 0 Å². The van der Waals surface area contributed by atoms with E-state index in [9.17, 15) is 5.11 Å². The highest BCUT2D eigenvalue weighted by Gasteiger charge is 2.23. The molecule has 0 amide bonds. The van der Waals surface area contributed by atoms with Crippen molar-refractivity contribution in [3.63, 3.8) is 0 Å². The lowest BCUT2D eigenvalue weighted by atomic mass is 9.89. The Morgan fingerprint density at radius 3 is 2.11 bits per heavy atom. The smallest absolute Gasteiger partial charge is 0.110 e. The van der Waals surface area contributed by atoms with Crippen molar-refractivity contribution in [1.29, 1.82) is 0 Å². The summed E-state index contributed by atoms with van der Waals surface area (Å²) in [6.07, 6.45) is 2.24. The van der Waals surface area contributed by atoms with E-state index >= 15 is 0 Å². The molecular weight excluding hydrogens is 227 g/mol. The Kier molecular flexibility index (Phi) is 4.05. The van der Waals surface area contributed by atoms with Crippen LogP contribution in [0.3, 0.4) is 0 Å². The number of hydrogen-bond acceptors (Lipinski definition) is 1. The first kappa shape index (κ1) is 9.69. The Hall–Kier alpha value is 0.690. The lowest BCUT2D eigenvalue weighted by molar-refractivity contribution is 0.132. The minimum Gasteiger partial charge on any atom is -0.382 e. The molecule has 0 spiro atoms. The van der Waals surface area contributed by atoms with Crippen molar-refractivity contribution < 1.29 is 5.11 Å². The van der Waals surface area contributed by atoms with Crippen LogP contribution in [0.2, 0.25) is 0 Å². The van der Waals surface area contributed by atoms with Crippen molar-refractivity contribution in [2.24, 2.45) is 5.41 Å². The normalized spacial score (nSPS) is 15.7. The van der Waals surface area contributed by atoms with Crippen molar-refractivity contribution in [2.75, 3.05) is 0 Å². The molecule has 0 aromatic rings. The van der Waals surface area contributed by atoms with Crippen molar-refractivity contribution >= 4 is 22.6 Å². The van der Waals surface area contributed by atoms with Crippen LogP contribution in [-0.2, 0) is 0 Å². The molecule has 1 unspecified atom stereocenters. The van der Waals surface area contributed by atoms with Gasteiger partial charge in [0, 0.05) is 0 Å². The first-order valence-corrected chi connectivity index (χ1v) is 4.57. The Labute approximate surface area is 71.0 Å². The van der Waals surface area contributed by atoms with E-state index < -0.39 is 0 Å². The predicted molar refractivity (Wildman–Crippen MR) is 48.7 cm³/mol. The summed E-state index contributed by atoms with van der Waals surface area (Å²) in [5.41, 5.74) is 0.0926. The number of halogens is 1. The van der Waals surface area contributed by atoms with Gasteiger partial charge in [-0.1, -0.05) is 49.8 Å². The molecule has 0 saturated heterocycles. The van der Waals surface area contributed by atoms with Gasteiger partial charge in [-0.3, -0.25) is 0 Å². The first-order chi connectivity index (χ1) is 4.00. The zero-order valence-corrected chi connectivity index (χ0v) is 8.47. The van der Waals surface area contributed by atoms with Gasteiger partial charge in [0.15, 0.2) is 0 Å². The molecule has 0 aliphatic rings. The van der Waals surface area contributed by atoms with Gasteiger partial charge >= 0.3 is 0 Å². The number of hydrogen-bond donors (Lipinski definition) is 1. The maximum Gasteiger partial charge on any atom is 0.110 e. The van der Waals surface area contributed by atoms with Crippen LogP contribution in [0.1, 0.15) is 33.6 Å². The van der Waals surface area contributed by atoms with E-state index in [0.29, 0.717) is 0 Å². The monoisotopic (exact) mass is 242 g/mol. The van der Waals surface area contributed by atoms with Gasteiger partial charge in [0.1, 0.15) is 4.11 Å². The molecule has 0 rings (SSSR count). The molecule has 0 aliphatic carbocycles. The summed E-state index contributed by atoms with van der Waals surface area (Å²) < 4.78 is -0.213. The van der Waals surface area contributed by atoms with Crippen molar-refractivity contribution in [1.82, 2.24) is 0 Å². The van der Waals surface area contributed by atoms with E-state index in [4.69, 9.17) is 0 Å². The largest absolute Gasteiger partial charge is 0.382 e. The highest BCUT2D eigenvalue weighted by Crippen LogP contribution is 2.30. The minimum atomic E-state index is -0.213. The second-order valence-electron chi connectivity index (χ2n) is 3.07. The van der Waals surface area contributed by atoms with Crippen molar-refractivity contribution in [3.05, 3.63) is 0 Å². The van der Waals surface area contributed by atoms with Crippen LogP contribution in [0.15, 0.2) is 0 Å². The molecule has 0 aromatic heterocycles. The second-order valence-corrected chi connectivity index (χ2v) is 4.25. The zero-order chi connectivity index (χ0) is 7.49.